The van der Waals surface area contributed by atoms with E-state index in [0.717, 1.165) is 32.6 Å². The second kappa shape index (κ2) is 8.83. The van der Waals surface area contributed by atoms with E-state index in [1.54, 1.807) is 4.57 Å². The van der Waals surface area contributed by atoms with Gasteiger partial charge in [0.2, 0.25) is 4.73 Å². The first-order valence-electron chi connectivity index (χ1n) is 6.66. The van der Waals surface area contributed by atoms with Crippen LogP contribution in [0.15, 0.2) is 50.8 Å². The van der Waals surface area contributed by atoms with E-state index in [4.69, 9.17) is 0 Å². The van der Waals surface area contributed by atoms with E-state index in [1.165, 1.54) is 0 Å². The van der Waals surface area contributed by atoms with Gasteiger partial charge in [-0.3, -0.25) is 4.57 Å². The van der Waals surface area contributed by atoms with E-state index in [9.17, 15) is 13.0 Å². The molecule has 6 nitrogen and oxygen atoms in total. The van der Waals surface area contributed by atoms with Crippen LogP contribution in [-0.2, 0) is 16.7 Å². The Balaban J connectivity index is 0.00000225. The molecule has 0 aliphatic carbocycles. The van der Waals surface area contributed by atoms with Gasteiger partial charge in [-0.1, -0.05) is 58.0 Å². The maximum atomic E-state index is 10.8. The molecule has 0 aliphatic rings. The molecule has 2 aromatic carbocycles. The predicted octanol–water partition coefficient (Wildman–Crippen LogP) is 0.603. The molecule has 0 fully saturated rings. The fourth-order valence-corrected chi connectivity index (χ4v) is 4.64. The van der Waals surface area contributed by atoms with E-state index >= 15 is 0 Å². The van der Waals surface area contributed by atoms with Crippen molar-refractivity contribution in [2.75, 3.05) is 5.08 Å². The number of rotatable bonds is 5. The quantitative estimate of drug-likeness (QED) is 0.281. The molecule has 0 saturated heterocycles. The van der Waals surface area contributed by atoms with Crippen LogP contribution in [-0.4, -0.2) is 32.8 Å². The fourth-order valence-electron chi connectivity index (χ4n) is 2.27. The molecule has 1 aromatic heterocycles. The molecule has 1 heterocycles. The van der Waals surface area contributed by atoms with E-state index in [0.29, 0.717) is 16.4 Å². The second-order valence-corrected chi connectivity index (χ2v) is 9.19. The Bertz CT molecular complexity index is 1010. The van der Waals surface area contributed by atoms with Crippen molar-refractivity contribution in [2.24, 2.45) is 0 Å². The Morgan fingerprint density at radius 2 is 1.76 bits per heavy atom. The average molecular weight is 515 g/mol. The van der Waals surface area contributed by atoms with Gasteiger partial charge in [-0.05, 0) is 38.3 Å². The zero-order valence-corrected chi connectivity index (χ0v) is 19.8. The number of nitrogens with zero attached hydrogens (tertiary/aromatic N) is 3. The van der Waals surface area contributed by atoms with Gasteiger partial charge in [0.25, 0.3) is 0 Å². The molecule has 0 bridgehead atoms. The summed E-state index contributed by atoms with van der Waals surface area (Å²) < 4.78 is 35.7. The molecule has 0 saturated carbocycles. The van der Waals surface area contributed by atoms with Gasteiger partial charge in [-0.25, -0.2) is 8.42 Å². The first kappa shape index (κ1) is 21.4. The topological polar surface area (TPSA) is 87.9 Å². The molecule has 3 rings (SSSR count). The average Bonchev–Trinajstić information content (AvgIpc) is 2.88. The first-order chi connectivity index (χ1) is 11.3. The monoisotopic (exact) mass is 513 g/mol. The van der Waals surface area contributed by atoms with Gasteiger partial charge in [0.1, 0.15) is 10.1 Å². The van der Waals surface area contributed by atoms with Crippen molar-refractivity contribution < 1.29 is 42.5 Å². The van der Waals surface area contributed by atoms with Crippen LogP contribution in [0.1, 0.15) is 5.56 Å². The van der Waals surface area contributed by atoms with Gasteiger partial charge in [0.15, 0.2) is 5.16 Å². The van der Waals surface area contributed by atoms with Crippen LogP contribution >= 0.6 is 43.6 Å². The van der Waals surface area contributed by atoms with Crippen LogP contribution in [0.25, 0.3) is 10.8 Å². The number of benzene rings is 2. The molecule has 0 aliphatic heterocycles. The molecule has 0 spiro atoms. The van der Waals surface area contributed by atoms with Gasteiger partial charge >= 0.3 is 29.6 Å². The molecular formula is C14H10Br2N3NaO3S2. The number of hydrogen-bond acceptors (Lipinski definition) is 6. The van der Waals surface area contributed by atoms with Crippen molar-refractivity contribution >= 4 is 64.5 Å². The van der Waals surface area contributed by atoms with Crippen LogP contribution in [0.3, 0.4) is 0 Å². The van der Waals surface area contributed by atoms with Crippen LogP contribution in [0, 0.1) is 0 Å². The minimum absolute atomic E-state index is 0. The summed E-state index contributed by atoms with van der Waals surface area (Å²) in [5.74, 6) is 0. The third kappa shape index (κ3) is 5.29. The molecule has 25 heavy (non-hydrogen) atoms. The zero-order chi connectivity index (χ0) is 17.3. The Labute approximate surface area is 188 Å². The SMILES string of the molecule is O=S(=O)([O-])CSc1nnc(Br)n1Cc1ccc(Br)c2ccccc12.[Na+]. The molecule has 126 valence electrons. The molecule has 0 N–H and O–H groups in total. The van der Waals surface area contributed by atoms with Crippen molar-refractivity contribution in [3.63, 3.8) is 0 Å². The summed E-state index contributed by atoms with van der Waals surface area (Å²) in [5.41, 5.74) is 1.03. The number of halogens is 2. The number of fused-ring (bicyclic) bond motifs is 1. The summed E-state index contributed by atoms with van der Waals surface area (Å²) in [4.78, 5) is 0. The van der Waals surface area contributed by atoms with Gasteiger partial charge in [0, 0.05) is 4.47 Å². The molecule has 3 aromatic rings. The van der Waals surface area contributed by atoms with E-state index in [-0.39, 0.29) is 29.6 Å². The smallest absolute Gasteiger partial charge is 0.747 e. The van der Waals surface area contributed by atoms with Crippen molar-refractivity contribution in [2.45, 2.75) is 11.7 Å². The first-order valence-corrected chi connectivity index (χ1v) is 10.8. The standard InChI is InChI=1S/C14H11Br2N3O3S2.Na/c15-12-6-5-9(10-3-1-2-4-11(10)12)7-19-13(16)17-18-14(19)23-8-24(20,21)22;/h1-6H,7-8H2,(H,20,21,22);/q;+1/p-1. The molecule has 0 unspecified atom stereocenters. The van der Waals surface area contributed by atoms with Crippen molar-refractivity contribution in [3.05, 3.63) is 51.2 Å². The molecule has 0 amide bonds. The molecule has 0 atom stereocenters. The van der Waals surface area contributed by atoms with Gasteiger partial charge in [-0.15, -0.1) is 10.2 Å². The Morgan fingerprint density at radius 3 is 2.44 bits per heavy atom. The number of thioether (sulfide) groups is 1. The van der Waals surface area contributed by atoms with Crippen LogP contribution in [0.2, 0.25) is 0 Å². The van der Waals surface area contributed by atoms with Gasteiger partial charge < -0.3 is 4.55 Å². The van der Waals surface area contributed by atoms with Crippen molar-refractivity contribution in [1.82, 2.24) is 14.8 Å². The maximum Gasteiger partial charge on any atom is 1.00 e. The minimum Gasteiger partial charge on any atom is -0.747 e. The third-order valence-corrected chi connectivity index (χ3v) is 6.76. The minimum atomic E-state index is -4.33. The Kier molecular flexibility index (Phi) is 7.55. The normalized spacial score (nSPS) is 11.5. The van der Waals surface area contributed by atoms with E-state index in [1.807, 2.05) is 36.4 Å². The summed E-state index contributed by atoms with van der Waals surface area (Å²) in [6.07, 6.45) is 0. The zero-order valence-electron chi connectivity index (χ0n) is 13.0. The van der Waals surface area contributed by atoms with E-state index in [2.05, 4.69) is 42.1 Å². The Morgan fingerprint density at radius 1 is 1.08 bits per heavy atom. The number of aromatic nitrogens is 3. The third-order valence-electron chi connectivity index (χ3n) is 3.29. The number of hydrogen-bond donors (Lipinski definition) is 0. The van der Waals surface area contributed by atoms with Crippen LogP contribution in [0.5, 0.6) is 0 Å². The van der Waals surface area contributed by atoms with Crippen LogP contribution < -0.4 is 29.6 Å². The largest absolute Gasteiger partial charge is 1.00 e. The second-order valence-electron chi connectivity index (χ2n) is 4.91. The summed E-state index contributed by atoms with van der Waals surface area (Å²) in [6.45, 7) is 0.447. The van der Waals surface area contributed by atoms with Crippen molar-refractivity contribution in [1.29, 1.82) is 0 Å². The molecule has 0 radical (unpaired) electrons. The fraction of sp³-hybridized carbons (Fsp3) is 0.143. The Hall–Kier alpha value is 0.0600. The molecule has 11 heteroatoms. The summed E-state index contributed by atoms with van der Waals surface area (Å²) >= 11 is 7.70. The molecular weight excluding hydrogens is 505 g/mol. The summed E-state index contributed by atoms with van der Waals surface area (Å²) in [6, 6.07) is 11.9. The maximum absolute atomic E-state index is 10.8. The van der Waals surface area contributed by atoms with E-state index < -0.39 is 15.2 Å². The summed E-state index contributed by atoms with van der Waals surface area (Å²) in [5, 5.41) is 9.78. The van der Waals surface area contributed by atoms with Gasteiger partial charge in [-0.2, -0.15) is 0 Å². The summed E-state index contributed by atoms with van der Waals surface area (Å²) in [7, 11) is -4.33. The van der Waals surface area contributed by atoms with Gasteiger partial charge in [0.05, 0.1) is 11.6 Å². The van der Waals surface area contributed by atoms with Crippen LogP contribution in [0.4, 0.5) is 0 Å². The predicted molar refractivity (Wildman–Crippen MR) is 98.9 cm³/mol. The van der Waals surface area contributed by atoms with Crippen molar-refractivity contribution in [3.8, 4) is 0 Å².